The zero-order chi connectivity index (χ0) is 18.9. The molecule has 0 aliphatic carbocycles. The highest BCUT2D eigenvalue weighted by Crippen LogP contribution is 2.24. The number of sulfonamides is 1. The lowest BCUT2D eigenvalue weighted by atomic mass is 10.2. The maximum absolute atomic E-state index is 12.8. The first-order valence-electron chi connectivity index (χ1n) is 8.59. The third-order valence-corrected chi connectivity index (χ3v) is 6.47. The largest absolute Gasteiger partial charge is 0.473 e. The van der Waals surface area contributed by atoms with Gasteiger partial charge in [0.2, 0.25) is 15.9 Å². The number of fused-ring (bicyclic) bond motifs is 1. The molecule has 1 saturated heterocycles. The summed E-state index contributed by atoms with van der Waals surface area (Å²) in [4.78, 5) is 4.67. The second-order valence-electron chi connectivity index (χ2n) is 6.37. The summed E-state index contributed by atoms with van der Waals surface area (Å²) in [5.41, 5.74) is 1.27. The van der Waals surface area contributed by atoms with Gasteiger partial charge in [0.15, 0.2) is 0 Å². The van der Waals surface area contributed by atoms with Crippen LogP contribution in [0.15, 0.2) is 65.6 Å². The van der Waals surface area contributed by atoms with Crippen LogP contribution in [0.3, 0.4) is 0 Å². The highest BCUT2D eigenvalue weighted by Gasteiger charge is 2.33. The van der Waals surface area contributed by atoms with E-state index in [2.05, 4.69) is 4.98 Å². The third kappa shape index (κ3) is 3.50. The minimum Gasteiger partial charge on any atom is -0.473 e. The molecule has 0 radical (unpaired) electrons. The van der Waals surface area contributed by atoms with Gasteiger partial charge in [-0.15, -0.1) is 0 Å². The van der Waals surface area contributed by atoms with E-state index in [-0.39, 0.29) is 17.5 Å². The molecule has 136 valence electrons. The van der Waals surface area contributed by atoms with Gasteiger partial charge in [-0.05, 0) is 42.8 Å². The average Bonchev–Trinajstić information content (AvgIpc) is 3.17. The van der Waals surface area contributed by atoms with Crippen molar-refractivity contribution in [2.24, 2.45) is 0 Å². The lowest BCUT2D eigenvalue weighted by Crippen LogP contribution is -2.31. The Morgan fingerprint density at radius 3 is 2.63 bits per heavy atom. The number of hydrogen-bond acceptors (Lipinski definition) is 5. The monoisotopic (exact) mass is 379 g/mol. The molecule has 1 aliphatic rings. The predicted molar refractivity (Wildman–Crippen MR) is 101 cm³/mol. The Kier molecular flexibility index (Phi) is 4.52. The highest BCUT2D eigenvalue weighted by atomic mass is 32.2. The van der Waals surface area contributed by atoms with Gasteiger partial charge in [0.1, 0.15) is 6.10 Å². The molecule has 2 heterocycles. The highest BCUT2D eigenvalue weighted by molar-refractivity contribution is 7.89. The molecule has 27 heavy (non-hydrogen) atoms. The Balaban J connectivity index is 1.48. The number of nitrogens with zero attached hydrogens (tertiary/aromatic N) is 3. The van der Waals surface area contributed by atoms with E-state index in [4.69, 9.17) is 10.00 Å². The molecule has 1 aromatic heterocycles. The third-order valence-electron chi connectivity index (χ3n) is 4.59. The van der Waals surface area contributed by atoms with Crippen molar-refractivity contribution < 1.29 is 13.2 Å². The van der Waals surface area contributed by atoms with Crippen molar-refractivity contribution in [1.82, 2.24) is 9.29 Å². The zero-order valence-corrected chi connectivity index (χ0v) is 15.3. The lowest BCUT2D eigenvalue weighted by molar-refractivity contribution is 0.207. The van der Waals surface area contributed by atoms with E-state index < -0.39 is 10.0 Å². The minimum atomic E-state index is -3.60. The van der Waals surface area contributed by atoms with Gasteiger partial charge in [-0.1, -0.05) is 18.2 Å². The van der Waals surface area contributed by atoms with E-state index in [0.29, 0.717) is 24.4 Å². The van der Waals surface area contributed by atoms with Gasteiger partial charge in [0, 0.05) is 18.0 Å². The smallest absolute Gasteiger partial charge is 0.243 e. The lowest BCUT2D eigenvalue weighted by Gasteiger charge is -2.17. The number of nitriles is 1. The Hall–Kier alpha value is -2.95. The standard InChI is InChI=1S/C20H17N3O3S/c21-13-15-5-8-18(9-6-15)27(24,25)23-12-11-17(14-23)26-20-10-7-16-3-1-2-4-19(16)22-20/h1-10,17H,11-12,14H2. The minimum absolute atomic E-state index is 0.186. The molecule has 1 aliphatic heterocycles. The number of ether oxygens (including phenoxy) is 1. The Bertz CT molecular complexity index is 1120. The van der Waals surface area contributed by atoms with Gasteiger partial charge in [-0.25, -0.2) is 13.4 Å². The fraction of sp³-hybridized carbons (Fsp3) is 0.200. The van der Waals surface area contributed by atoms with Gasteiger partial charge in [-0.3, -0.25) is 0 Å². The normalized spacial score (nSPS) is 17.7. The van der Waals surface area contributed by atoms with E-state index in [1.54, 1.807) is 6.07 Å². The van der Waals surface area contributed by atoms with Crippen LogP contribution in [0.2, 0.25) is 0 Å². The van der Waals surface area contributed by atoms with Crippen molar-refractivity contribution in [1.29, 1.82) is 5.26 Å². The molecule has 0 amide bonds. The van der Waals surface area contributed by atoms with Crippen molar-refractivity contribution in [3.63, 3.8) is 0 Å². The van der Waals surface area contributed by atoms with E-state index in [9.17, 15) is 8.42 Å². The van der Waals surface area contributed by atoms with Crippen LogP contribution in [0.1, 0.15) is 12.0 Å². The molecule has 0 N–H and O–H groups in total. The first-order chi connectivity index (χ1) is 13.1. The van der Waals surface area contributed by atoms with Gasteiger partial charge in [0.25, 0.3) is 0 Å². The summed E-state index contributed by atoms with van der Waals surface area (Å²) in [7, 11) is -3.60. The molecule has 7 heteroatoms. The molecule has 6 nitrogen and oxygen atoms in total. The first kappa shape index (κ1) is 17.5. The molecule has 4 rings (SSSR count). The molecule has 2 aromatic carbocycles. The Morgan fingerprint density at radius 2 is 1.85 bits per heavy atom. The summed E-state index contributed by atoms with van der Waals surface area (Å²) in [5.74, 6) is 0.497. The van der Waals surface area contributed by atoms with Crippen LogP contribution in [0, 0.1) is 11.3 Å². The summed E-state index contributed by atoms with van der Waals surface area (Å²) in [6.45, 7) is 0.664. The SMILES string of the molecule is N#Cc1ccc(S(=O)(=O)N2CCC(Oc3ccc4ccccc4n3)C2)cc1. The van der Waals surface area contributed by atoms with E-state index in [1.165, 1.54) is 28.6 Å². The number of benzene rings is 2. The summed E-state index contributed by atoms with van der Waals surface area (Å²) in [5, 5.41) is 9.88. The Labute approximate surface area is 157 Å². The van der Waals surface area contributed by atoms with Crippen LogP contribution in [0.25, 0.3) is 10.9 Å². The van der Waals surface area contributed by atoms with Crippen molar-refractivity contribution in [2.75, 3.05) is 13.1 Å². The van der Waals surface area contributed by atoms with Crippen molar-refractivity contribution in [3.05, 3.63) is 66.2 Å². The van der Waals surface area contributed by atoms with Crippen molar-refractivity contribution in [2.45, 2.75) is 17.4 Å². The molecule has 1 fully saturated rings. The first-order valence-corrected chi connectivity index (χ1v) is 10.0. The fourth-order valence-corrected chi connectivity index (χ4v) is 4.63. The van der Waals surface area contributed by atoms with Crippen LogP contribution in [0.5, 0.6) is 5.88 Å². The number of pyridine rings is 1. The van der Waals surface area contributed by atoms with Crippen LogP contribution in [-0.4, -0.2) is 36.9 Å². The van der Waals surface area contributed by atoms with Crippen molar-refractivity contribution >= 4 is 20.9 Å². The number of hydrogen-bond donors (Lipinski definition) is 0. The second-order valence-corrected chi connectivity index (χ2v) is 8.31. The molecule has 1 atom stereocenters. The topological polar surface area (TPSA) is 83.3 Å². The van der Waals surface area contributed by atoms with E-state index in [0.717, 1.165) is 10.9 Å². The quantitative estimate of drug-likeness (QED) is 0.696. The second kappa shape index (κ2) is 6.99. The summed E-state index contributed by atoms with van der Waals surface area (Å²) < 4.78 is 32.9. The molecule has 0 spiro atoms. The van der Waals surface area contributed by atoms with Gasteiger partial charge < -0.3 is 4.74 Å². The maximum Gasteiger partial charge on any atom is 0.243 e. The molecule has 3 aromatic rings. The van der Waals surface area contributed by atoms with E-state index >= 15 is 0 Å². The zero-order valence-electron chi connectivity index (χ0n) is 14.4. The fourth-order valence-electron chi connectivity index (χ4n) is 3.15. The summed E-state index contributed by atoms with van der Waals surface area (Å²) in [6, 6.07) is 19.4. The number of para-hydroxylation sites is 1. The van der Waals surface area contributed by atoms with E-state index in [1.807, 2.05) is 36.4 Å². The maximum atomic E-state index is 12.8. The van der Waals surface area contributed by atoms with Gasteiger partial charge in [0.05, 0.1) is 28.6 Å². The predicted octanol–water partition coefficient (Wildman–Crippen LogP) is 2.95. The number of rotatable bonds is 4. The number of aromatic nitrogens is 1. The molecule has 0 bridgehead atoms. The van der Waals surface area contributed by atoms with Gasteiger partial charge >= 0.3 is 0 Å². The molecule has 1 unspecified atom stereocenters. The van der Waals surface area contributed by atoms with Crippen LogP contribution in [0.4, 0.5) is 0 Å². The van der Waals surface area contributed by atoms with Crippen LogP contribution >= 0.6 is 0 Å². The van der Waals surface area contributed by atoms with Crippen molar-refractivity contribution in [3.8, 4) is 11.9 Å². The van der Waals surface area contributed by atoms with Crippen LogP contribution < -0.4 is 4.74 Å². The molecule has 0 saturated carbocycles. The van der Waals surface area contributed by atoms with Gasteiger partial charge in [-0.2, -0.15) is 9.57 Å². The summed E-state index contributed by atoms with van der Waals surface area (Å²) in [6.07, 6.45) is 0.358. The summed E-state index contributed by atoms with van der Waals surface area (Å²) >= 11 is 0. The average molecular weight is 379 g/mol. The van der Waals surface area contributed by atoms with Crippen LogP contribution in [-0.2, 0) is 10.0 Å². The molecular weight excluding hydrogens is 362 g/mol. The molecular formula is C20H17N3O3S. The Morgan fingerprint density at radius 1 is 1.07 bits per heavy atom.